The zero-order chi connectivity index (χ0) is 13.7. The summed E-state index contributed by atoms with van der Waals surface area (Å²) in [5.74, 6) is 0. The first-order valence-electron chi connectivity index (χ1n) is 7.75. The molecule has 0 aromatic heterocycles. The summed E-state index contributed by atoms with van der Waals surface area (Å²) in [7, 11) is 0. The molecule has 2 aliphatic rings. The second kappa shape index (κ2) is 7.22. The van der Waals surface area contributed by atoms with Gasteiger partial charge in [-0.3, -0.25) is 5.32 Å². The van der Waals surface area contributed by atoms with Gasteiger partial charge in [-0.2, -0.15) is 0 Å². The van der Waals surface area contributed by atoms with E-state index in [-0.39, 0.29) is 6.23 Å². The monoisotopic (exact) mass is 264 g/mol. The molecule has 0 aromatic rings. The van der Waals surface area contributed by atoms with E-state index in [2.05, 4.69) is 18.3 Å². The Bertz CT molecular complexity index is 360. The zero-order valence-electron chi connectivity index (χ0n) is 12.1. The van der Waals surface area contributed by atoms with Crippen LogP contribution in [0.5, 0.6) is 0 Å². The van der Waals surface area contributed by atoms with Gasteiger partial charge >= 0.3 is 0 Å². The van der Waals surface area contributed by atoms with Gasteiger partial charge in [0.15, 0.2) is 0 Å². The molecule has 2 atom stereocenters. The van der Waals surface area contributed by atoms with Crippen molar-refractivity contribution in [2.75, 3.05) is 6.54 Å². The lowest BCUT2D eigenvalue weighted by Gasteiger charge is -2.33. The van der Waals surface area contributed by atoms with Gasteiger partial charge in [-0.15, -0.1) is 0 Å². The molecule has 2 aliphatic carbocycles. The molecule has 0 amide bonds. The van der Waals surface area contributed by atoms with Crippen LogP contribution in [0.25, 0.3) is 0 Å². The molecule has 2 rings (SSSR count). The van der Waals surface area contributed by atoms with Crippen molar-refractivity contribution in [3.05, 3.63) is 22.8 Å². The fraction of sp³-hybridized carbons (Fsp3) is 0.750. The van der Waals surface area contributed by atoms with Crippen molar-refractivity contribution < 1.29 is 5.11 Å². The van der Waals surface area contributed by atoms with Crippen LogP contribution in [0.15, 0.2) is 22.8 Å². The summed E-state index contributed by atoms with van der Waals surface area (Å²) in [6.45, 7) is 2.95. The van der Waals surface area contributed by atoms with Gasteiger partial charge in [-0.1, -0.05) is 11.6 Å². The normalized spacial score (nSPS) is 25.0. The molecule has 0 aromatic carbocycles. The average molecular weight is 264 g/mol. The summed E-state index contributed by atoms with van der Waals surface area (Å²) in [4.78, 5) is 0. The molecular formula is C16H28N2O. The summed E-state index contributed by atoms with van der Waals surface area (Å²) in [6, 6.07) is 0.354. The van der Waals surface area contributed by atoms with Crippen LogP contribution in [-0.2, 0) is 0 Å². The third-order valence-electron chi connectivity index (χ3n) is 4.39. The van der Waals surface area contributed by atoms with E-state index < -0.39 is 0 Å². The summed E-state index contributed by atoms with van der Waals surface area (Å²) in [5.41, 5.74) is 10.1. The highest BCUT2D eigenvalue weighted by atomic mass is 16.3. The van der Waals surface area contributed by atoms with Gasteiger partial charge in [0, 0.05) is 6.04 Å². The van der Waals surface area contributed by atoms with Crippen LogP contribution in [0.1, 0.15) is 58.3 Å². The fourth-order valence-corrected chi connectivity index (χ4v) is 3.29. The Balaban J connectivity index is 1.92. The molecule has 0 aliphatic heterocycles. The van der Waals surface area contributed by atoms with Crippen molar-refractivity contribution in [1.29, 1.82) is 0 Å². The highest BCUT2D eigenvalue weighted by molar-refractivity contribution is 5.41. The Kier molecular flexibility index (Phi) is 5.61. The van der Waals surface area contributed by atoms with Crippen molar-refractivity contribution >= 4 is 0 Å². The van der Waals surface area contributed by atoms with Crippen LogP contribution in [0, 0.1) is 0 Å². The first-order chi connectivity index (χ1) is 9.22. The van der Waals surface area contributed by atoms with E-state index in [4.69, 9.17) is 5.73 Å². The quantitative estimate of drug-likeness (QED) is 0.510. The van der Waals surface area contributed by atoms with Crippen LogP contribution in [-0.4, -0.2) is 23.9 Å². The van der Waals surface area contributed by atoms with Gasteiger partial charge in [0.05, 0.1) is 0 Å². The van der Waals surface area contributed by atoms with Crippen molar-refractivity contribution in [3.8, 4) is 0 Å². The molecule has 108 valence electrons. The minimum Gasteiger partial charge on any atom is -0.379 e. The Labute approximate surface area is 117 Å². The maximum absolute atomic E-state index is 10.1. The van der Waals surface area contributed by atoms with Gasteiger partial charge in [0.25, 0.3) is 0 Å². The fourth-order valence-electron chi connectivity index (χ4n) is 3.29. The zero-order valence-corrected chi connectivity index (χ0v) is 12.1. The maximum Gasteiger partial charge on any atom is 0.105 e. The minimum absolute atomic E-state index is 0.354. The van der Waals surface area contributed by atoms with E-state index >= 15 is 0 Å². The van der Waals surface area contributed by atoms with Gasteiger partial charge < -0.3 is 10.8 Å². The van der Waals surface area contributed by atoms with Crippen molar-refractivity contribution in [3.63, 3.8) is 0 Å². The SMILES string of the molecule is CC1=CCC(NC(O)CCCCN)C2=C1CCCC2. The number of allylic oxidation sites excluding steroid dienone is 2. The molecule has 0 bridgehead atoms. The first kappa shape index (κ1) is 14.8. The number of unbranched alkanes of at least 4 members (excludes halogenated alkanes) is 1. The van der Waals surface area contributed by atoms with E-state index in [1.165, 1.54) is 31.3 Å². The molecule has 0 spiro atoms. The number of aliphatic hydroxyl groups excluding tert-OH is 1. The van der Waals surface area contributed by atoms with Crippen LogP contribution >= 0.6 is 0 Å². The molecule has 0 radical (unpaired) electrons. The van der Waals surface area contributed by atoms with Crippen LogP contribution in [0.4, 0.5) is 0 Å². The molecule has 4 N–H and O–H groups in total. The Hall–Kier alpha value is -0.640. The van der Waals surface area contributed by atoms with Gasteiger partial charge in [-0.25, -0.2) is 0 Å². The molecular weight excluding hydrogens is 236 g/mol. The maximum atomic E-state index is 10.1. The van der Waals surface area contributed by atoms with Gasteiger partial charge in [0.1, 0.15) is 6.23 Å². The van der Waals surface area contributed by atoms with Crippen LogP contribution < -0.4 is 11.1 Å². The van der Waals surface area contributed by atoms with E-state index in [0.717, 1.165) is 25.7 Å². The lowest BCUT2D eigenvalue weighted by molar-refractivity contribution is 0.114. The molecule has 0 saturated heterocycles. The minimum atomic E-state index is -0.390. The lowest BCUT2D eigenvalue weighted by atomic mass is 9.79. The largest absolute Gasteiger partial charge is 0.379 e. The summed E-state index contributed by atoms with van der Waals surface area (Å²) in [5, 5.41) is 13.5. The Morgan fingerprint density at radius 1 is 1.37 bits per heavy atom. The Morgan fingerprint density at radius 3 is 2.95 bits per heavy atom. The number of aliphatic hydroxyl groups is 1. The molecule has 19 heavy (non-hydrogen) atoms. The molecule has 0 heterocycles. The van der Waals surface area contributed by atoms with E-state index in [1.54, 1.807) is 11.1 Å². The molecule has 0 fully saturated rings. The van der Waals surface area contributed by atoms with Gasteiger partial charge in [0.2, 0.25) is 0 Å². The summed E-state index contributed by atoms with van der Waals surface area (Å²) in [6.07, 6.45) is 10.8. The van der Waals surface area contributed by atoms with Crippen LogP contribution in [0.2, 0.25) is 0 Å². The lowest BCUT2D eigenvalue weighted by Crippen LogP contribution is -2.41. The van der Waals surface area contributed by atoms with E-state index in [1.807, 2.05) is 0 Å². The van der Waals surface area contributed by atoms with Gasteiger partial charge in [-0.05, 0) is 76.0 Å². The third-order valence-corrected chi connectivity index (χ3v) is 4.39. The molecule has 3 heteroatoms. The summed E-state index contributed by atoms with van der Waals surface area (Å²) < 4.78 is 0. The van der Waals surface area contributed by atoms with Crippen LogP contribution in [0.3, 0.4) is 0 Å². The van der Waals surface area contributed by atoms with Crippen molar-refractivity contribution in [2.24, 2.45) is 5.73 Å². The second-order valence-corrected chi connectivity index (χ2v) is 5.85. The third kappa shape index (κ3) is 3.91. The molecule has 3 nitrogen and oxygen atoms in total. The van der Waals surface area contributed by atoms with Crippen molar-refractivity contribution in [1.82, 2.24) is 5.32 Å². The van der Waals surface area contributed by atoms with E-state index in [0.29, 0.717) is 12.6 Å². The topological polar surface area (TPSA) is 58.3 Å². The van der Waals surface area contributed by atoms with Crippen molar-refractivity contribution in [2.45, 2.75) is 70.6 Å². The number of rotatable bonds is 6. The first-order valence-corrected chi connectivity index (χ1v) is 7.75. The number of hydrogen-bond donors (Lipinski definition) is 3. The Morgan fingerprint density at radius 2 is 2.16 bits per heavy atom. The highest BCUT2D eigenvalue weighted by Crippen LogP contribution is 2.36. The number of hydrogen-bond acceptors (Lipinski definition) is 3. The molecule has 0 saturated carbocycles. The van der Waals surface area contributed by atoms with E-state index in [9.17, 15) is 5.11 Å². The average Bonchev–Trinajstić information content (AvgIpc) is 2.43. The highest BCUT2D eigenvalue weighted by Gasteiger charge is 2.25. The predicted octanol–water partition coefficient (Wildman–Crippen LogP) is 2.61. The second-order valence-electron chi connectivity index (χ2n) is 5.85. The number of nitrogens with one attached hydrogen (secondary N) is 1. The standard InChI is InChI=1S/C16H28N2O/c1-12-9-10-15(14-7-3-2-6-13(12)14)18-16(19)8-4-5-11-17/h9,15-16,18-19H,2-8,10-11,17H2,1H3. The smallest absolute Gasteiger partial charge is 0.105 e. The number of nitrogens with two attached hydrogens (primary N) is 1. The predicted molar refractivity (Wildman–Crippen MR) is 79.7 cm³/mol. The summed E-state index contributed by atoms with van der Waals surface area (Å²) >= 11 is 0. The molecule has 2 unspecified atom stereocenters.